The lowest BCUT2D eigenvalue weighted by molar-refractivity contribution is 0.0755. The Balaban J connectivity index is 1.44. The summed E-state index contributed by atoms with van der Waals surface area (Å²) in [6.07, 6.45) is 6.83. The van der Waals surface area contributed by atoms with Gasteiger partial charge in [0.2, 0.25) is 0 Å². The molecule has 2 aromatic rings. The lowest BCUT2D eigenvalue weighted by Crippen LogP contribution is -2.35. The van der Waals surface area contributed by atoms with Crippen LogP contribution in [-0.4, -0.2) is 67.8 Å². The van der Waals surface area contributed by atoms with E-state index in [4.69, 9.17) is 0 Å². The molecule has 2 aliphatic heterocycles. The SMILES string of the molecule is Cc1[nH]ncc1C(=O)N1CCC2(CCN(C(=O)c3cnn(C)c3)C2)C1. The van der Waals surface area contributed by atoms with Crippen molar-refractivity contribution in [2.75, 3.05) is 26.2 Å². The van der Waals surface area contributed by atoms with E-state index in [-0.39, 0.29) is 17.2 Å². The van der Waals surface area contributed by atoms with Crippen LogP contribution in [0, 0.1) is 12.3 Å². The van der Waals surface area contributed by atoms with Crippen molar-refractivity contribution < 1.29 is 9.59 Å². The number of likely N-dealkylation sites (tertiary alicyclic amines) is 2. The highest BCUT2D eigenvalue weighted by atomic mass is 16.2. The summed E-state index contributed by atoms with van der Waals surface area (Å²) in [4.78, 5) is 29.1. The predicted molar refractivity (Wildman–Crippen MR) is 90.0 cm³/mol. The van der Waals surface area contributed by atoms with E-state index in [9.17, 15) is 9.59 Å². The van der Waals surface area contributed by atoms with Gasteiger partial charge in [0.15, 0.2) is 0 Å². The summed E-state index contributed by atoms with van der Waals surface area (Å²) in [7, 11) is 1.81. The van der Waals surface area contributed by atoms with Gasteiger partial charge in [-0.3, -0.25) is 19.4 Å². The van der Waals surface area contributed by atoms with E-state index in [1.165, 1.54) is 0 Å². The fraction of sp³-hybridized carbons (Fsp3) is 0.529. The molecule has 2 amide bonds. The van der Waals surface area contributed by atoms with Crippen molar-refractivity contribution in [1.29, 1.82) is 0 Å². The maximum atomic E-state index is 12.7. The first kappa shape index (κ1) is 15.9. The lowest BCUT2D eigenvalue weighted by Gasteiger charge is -2.24. The Morgan fingerprint density at radius 2 is 1.80 bits per heavy atom. The Labute approximate surface area is 145 Å². The second kappa shape index (κ2) is 5.72. The van der Waals surface area contributed by atoms with Gasteiger partial charge in [-0.25, -0.2) is 0 Å². The monoisotopic (exact) mass is 342 g/mol. The van der Waals surface area contributed by atoms with Gasteiger partial charge in [0.25, 0.3) is 11.8 Å². The van der Waals surface area contributed by atoms with Crippen LogP contribution in [0.1, 0.15) is 39.3 Å². The first-order valence-electron chi connectivity index (χ1n) is 8.55. The Morgan fingerprint density at radius 3 is 2.36 bits per heavy atom. The molecule has 8 heteroatoms. The zero-order chi connectivity index (χ0) is 17.6. The third-order valence-electron chi connectivity index (χ3n) is 5.46. The maximum absolute atomic E-state index is 12.7. The zero-order valence-corrected chi connectivity index (χ0v) is 14.5. The van der Waals surface area contributed by atoms with Crippen molar-refractivity contribution in [3.8, 4) is 0 Å². The Bertz CT molecular complexity index is 825. The Morgan fingerprint density at radius 1 is 1.12 bits per heavy atom. The van der Waals surface area contributed by atoms with E-state index < -0.39 is 0 Å². The number of carbonyl (C=O) groups is 2. The molecule has 0 radical (unpaired) electrons. The Kier molecular flexibility index (Phi) is 3.63. The standard InChI is InChI=1S/C17H22N6O2/c1-12-14(8-18-20-12)16(25)23-6-4-17(11-23)3-5-22(10-17)15(24)13-7-19-21(2)9-13/h7-9H,3-6,10-11H2,1-2H3,(H,18,20). The van der Waals surface area contributed by atoms with Crippen LogP contribution in [-0.2, 0) is 7.05 Å². The summed E-state index contributed by atoms with van der Waals surface area (Å²) in [6, 6.07) is 0. The first-order valence-corrected chi connectivity index (χ1v) is 8.55. The largest absolute Gasteiger partial charge is 0.338 e. The van der Waals surface area contributed by atoms with Gasteiger partial charge in [-0.2, -0.15) is 10.2 Å². The predicted octanol–water partition coefficient (Wildman–Crippen LogP) is 0.830. The molecule has 25 heavy (non-hydrogen) atoms. The normalized spacial score (nSPS) is 23.0. The molecule has 4 rings (SSSR count). The number of hydrogen-bond donors (Lipinski definition) is 1. The highest BCUT2D eigenvalue weighted by Crippen LogP contribution is 2.40. The molecule has 2 saturated heterocycles. The minimum absolute atomic E-state index is 0.0190. The molecule has 0 aromatic carbocycles. The molecule has 2 aromatic heterocycles. The van der Waals surface area contributed by atoms with E-state index in [1.54, 1.807) is 30.3 Å². The number of H-pyrrole nitrogens is 1. The summed E-state index contributed by atoms with van der Waals surface area (Å²) in [5, 5.41) is 10.8. The highest BCUT2D eigenvalue weighted by molar-refractivity contribution is 5.95. The van der Waals surface area contributed by atoms with Gasteiger partial charge in [-0.15, -0.1) is 0 Å². The number of aromatic amines is 1. The average molecular weight is 342 g/mol. The van der Waals surface area contributed by atoms with E-state index in [0.717, 1.165) is 31.6 Å². The molecule has 1 atom stereocenters. The van der Waals surface area contributed by atoms with Crippen molar-refractivity contribution >= 4 is 11.8 Å². The quantitative estimate of drug-likeness (QED) is 0.876. The van der Waals surface area contributed by atoms with Crippen molar-refractivity contribution in [2.24, 2.45) is 12.5 Å². The van der Waals surface area contributed by atoms with Gasteiger partial charge in [0.05, 0.1) is 23.5 Å². The molecule has 8 nitrogen and oxygen atoms in total. The third kappa shape index (κ3) is 2.71. The van der Waals surface area contributed by atoms with E-state index >= 15 is 0 Å². The van der Waals surface area contributed by atoms with Crippen LogP contribution in [0.2, 0.25) is 0 Å². The van der Waals surface area contributed by atoms with Crippen LogP contribution in [0.4, 0.5) is 0 Å². The summed E-state index contributed by atoms with van der Waals surface area (Å²) < 4.78 is 1.64. The molecule has 0 saturated carbocycles. The van der Waals surface area contributed by atoms with Crippen LogP contribution in [0.3, 0.4) is 0 Å². The number of rotatable bonds is 2. The second-order valence-corrected chi connectivity index (χ2v) is 7.26. The van der Waals surface area contributed by atoms with Gasteiger partial charge in [0.1, 0.15) is 0 Å². The van der Waals surface area contributed by atoms with Crippen LogP contribution in [0.15, 0.2) is 18.6 Å². The molecule has 4 heterocycles. The molecule has 1 spiro atoms. The molecule has 1 unspecified atom stereocenters. The van der Waals surface area contributed by atoms with E-state index in [2.05, 4.69) is 15.3 Å². The smallest absolute Gasteiger partial charge is 0.257 e. The molecule has 1 N–H and O–H groups in total. The van der Waals surface area contributed by atoms with Gasteiger partial charge in [0, 0.05) is 50.5 Å². The van der Waals surface area contributed by atoms with Crippen LogP contribution in [0.25, 0.3) is 0 Å². The van der Waals surface area contributed by atoms with Crippen LogP contribution < -0.4 is 0 Å². The van der Waals surface area contributed by atoms with Gasteiger partial charge >= 0.3 is 0 Å². The van der Waals surface area contributed by atoms with Gasteiger partial charge in [-0.05, 0) is 19.8 Å². The number of nitrogens with one attached hydrogen (secondary N) is 1. The fourth-order valence-electron chi connectivity index (χ4n) is 4.00. The summed E-state index contributed by atoms with van der Waals surface area (Å²) in [6.45, 7) is 4.73. The minimum atomic E-state index is 0.0190. The van der Waals surface area contributed by atoms with Crippen molar-refractivity contribution in [2.45, 2.75) is 19.8 Å². The van der Waals surface area contributed by atoms with Crippen LogP contribution >= 0.6 is 0 Å². The van der Waals surface area contributed by atoms with Crippen molar-refractivity contribution in [1.82, 2.24) is 29.8 Å². The highest BCUT2D eigenvalue weighted by Gasteiger charge is 2.46. The summed E-state index contributed by atoms with van der Waals surface area (Å²) >= 11 is 0. The number of nitrogens with zero attached hydrogens (tertiary/aromatic N) is 5. The molecule has 2 fully saturated rings. The molecule has 0 aliphatic carbocycles. The molecule has 0 bridgehead atoms. The maximum Gasteiger partial charge on any atom is 0.257 e. The number of hydrogen-bond acceptors (Lipinski definition) is 4. The number of aryl methyl sites for hydroxylation is 2. The minimum Gasteiger partial charge on any atom is -0.338 e. The molecular formula is C17H22N6O2. The van der Waals surface area contributed by atoms with E-state index in [0.29, 0.717) is 24.2 Å². The molecule has 2 aliphatic rings. The second-order valence-electron chi connectivity index (χ2n) is 7.26. The average Bonchev–Trinajstić information content (AvgIpc) is 3.36. The van der Waals surface area contributed by atoms with Gasteiger partial charge < -0.3 is 9.80 Å². The molecular weight excluding hydrogens is 320 g/mol. The Hall–Kier alpha value is -2.64. The first-order chi connectivity index (χ1) is 12.0. The number of amides is 2. The van der Waals surface area contributed by atoms with Crippen molar-refractivity contribution in [3.63, 3.8) is 0 Å². The third-order valence-corrected chi connectivity index (χ3v) is 5.46. The number of aromatic nitrogens is 4. The van der Waals surface area contributed by atoms with Crippen LogP contribution in [0.5, 0.6) is 0 Å². The number of carbonyl (C=O) groups excluding carboxylic acids is 2. The fourth-order valence-corrected chi connectivity index (χ4v) is 4.00. The lowest BCUT2D eigenvalue weighted by atomic mass is 9.86. The topological polar surface area (TPSA) is 87.1 Å². The van der Waals surface area contributed by atoms with Gasteiger partial charge in [-0.1, -0.05) is 0 Å². The van der Waals surface area contributed by atoms with Crippen molar-refractivity contribution in [3.05, 3.63) is 35.4 Å². The molecule has 132 valence electrons. The summed E-state index contributed by atoms with van der Waals surface area (Å²) in [5.41, 5.74) is 2.08. The summed E-state index contributed by atoms with van der Waals surface area (Å²) in [5.74, 6) is 0.0561. The zero-order valence-electron chi connectivity index (χ0n) is 14.5. The van der Waals surface area contributed by atoms with E-state index in [1.807, 2.05) is 16.7 Å².